The predicted molar refractivity (Wildman–Crippen MR) is 74.1 cm³/mol. The summed E-state index contributed by atoms with van der Waals surface area (Å²) >= 11 is 0. The fourth-order valence-electron chi connectivity index (χ4n) is 2.71. The summed E-state index contributed by atoms with van der Waals surface area (Å²) in [6.07, 6.45) is 6.27. The minimum absolute atomic E-state index is 0.257. The topological polar surface area (TPSA) is 41.3 Å². The van der Waals surface area contributed by atoms with Crippen LogP contribution in [0.1, 0.15) is 18.4 Å². The molecule has 0 saturated carbocycles. The second-order valence-corrected chi connectivity index (χ2v) is 5.08. The first-order chi connectivity index (χ1) is 9.36. The van der Waals surface area contributed by atoms with E-state index in [9.17, 15) is 5.11 Å². The highest BCUT2D eigenvalue weighted by Gasteiger charge is 2.23. The summed E-state index contributed by atoms with van der Waals surface area (Å²) in [5.41, 5.74) is 2.28. The number of aliphatic hydroxyl groups is 1. The predicted octanol–water partition coefficient (Wildman–Crippen LogP) is 1.83. The molecule has 0 amide bonds. The van der Waals surface area contributed by atoms with E-state index >= 15 is 0 Å². The largest absolute Gasteiger partial charge is 0.395 e. The lowest BCUT2D eigenvalue weighted by Gasteiger charge is -2.21. The standard InChI is InChI=1S/C15H19N3O/c19-12-15-7-4-8-17(15)10-13-9-16-18(11-13)14-5-2-1-3-6-14/h1-3,5-6,9,11,15,19H,4,7-8,10,12H2/t15-/m1/s1. The van der Waals surface area contributed by atoms with E-state index in [0.717, 1.165) is 25.2 Å². The molecule has 0 spiro atoms. The zero-order chi connectivity index (χ0) is 13.1. The number of hydrogen-bond donors (Lipinski definition) is 1. The Morgan fingerprint density at radius 1 is 1.26 bits per heavy atom. The number of nitrogens with zero attached hydrogens (tertiary/aromatic N) is 3. The van der Waals surface area contributed by atoms with Gasteiger partial charge in [0.05, 0.1) is 18.5 Å². The quantitative estimate of drug-likeness (QED) is 0.908. The summed E-state index contributed by atoms with van der Waals surface area (Å²) in [5.74, 6) is 0. The van der Waals surface area contributed by atoms with Gasteiger partial charge in [0.15, 0.2) is 0 Å². The van der Waals surface area contributed by atoms with Gasteiger partial charge in [-0.2, -0.15) is 5.10 Å². The number of hydrogen-bond acceptors (Lipinski definition) is 3. The first kappa shape index (κ1) is 12.4. The molecule has 3 rings (SSSR count). The van der Waals surface area contributed by atoms with E-state index in [1.54, 1.807) is 0 Å². The molecule has 2 aromatic rings. The number of rotatable bonds is 4. The Bertz CT molecular complexity index is 523. The van der Waals surface area contributed by atoms with Crippen LogP contribution < -0.4 is 0 Å². The lowest BCUT2D eigenvalue weighted by Crippen LogP contribution is -2.31. The van der Waals surface area contributed by atoms with Gasteiger partial charge in [-0.3, -0.25) is 4.90 Å². The fourth-order valence-corrected chi connectivity index (χ4v) is 2.71. The summed E-state index contributed by atoms with van der Waals surface area (Å²) in [6, 6.07) is 10.4. The number of likely N-dealkylation sites (tertiary alicyclic amines) is 1. The molecule has 4 nitrogen and oxygen atoms in total. The molecule has 1 saturated heterocycles. The molecule has 100 valence electrons. The van der Waals surface area contributed by atoms with Gasteiger partial charge in [-0.1, -0.05) is 18.2 Å². The lowest BCUT2D eigenvalue weighted by atomic mass is 10.2. The van der Waals surface area contributed by atoms with Crippen LogP contribution in [-0.2, 0) is 6.54 Å². The van der Waals surface area contributed by atoms with Crippen molar-refractivity contribution in [3.63, 3.8) is 0 Å². The second kappa shape index (κ2) is 5.55. The Balaban J connectivity index is 1.72. The zero-order valence-corrected chi connectivity index (χ0v) is 10.9. The summed E-state index contributed by atoms with van der Waals surface area (Å²) in [7, 11) is 0. The third-order valence-corrected chi connectivity index (χ3v) is 3.75. The van der Waals surface area contributed by atoms with Crippen molar-refractivity contribution in [2.45, 2.75) is 25.4 Å². The van der Waals surface area contributed by atoms with Gasteiger partial charge in [0.1, 0.15) is 0 Å². The van der Waals surface area contributed by atoms with Gasteiger partial charge in [0.25, 0.3) is 0 Å². The highest BCUT2D eigenvalue weighted by Crippen LogP contribution is 2.19. The first-order valence-electron chi connectivity index (χ1n) is 6.80. The number of aliphatic hydroxyl groups excluding tert-OH is 1. The Morgan fingerprint density at radius 3 is 2.89 bits per heavy atom. The van der Waals surface area contributed by atoms with E-state index in [1.807, 2.05) is 41.2 Å². The molecule has 0 radical (unpaired) electrons. The summed E-state index contributed by atoms with van der Waals surface area (Å²) in [4.78, 5) is 2.34. The molecular formula is C15H19N3O. The Morgan fingerprint density at radius 2 is 2.11 bits per heavy atom. The molecule has 1 atom stereocenters. The van der Waals surface area contributed by atoms with Crippen LogP contribution in [0.25, 0.3) is 5.69 Å². The molecule has 1 fully saturated rings. The average Bonchev–Trinajstić information content (AvgIpc) is 3.09. The first-order valence-corrected chi connectivity index (χ1v) is 6.80. The minimum atomic E-state index is 0.257. The van der Waals surface area contributed by atoms with E-state index in [2.05, 4.69) is 16.2 Å². The Kier molecular flexibility index (Phi) is 3.62. The molecule has 19 heavy (non-hydrogen) atoms. The van der Waals surface area contributed by atoms with Crippen LogP contribution in [0.5, 0.6) is 0 Å². The van der Waals surface area contributed by atoms with E-state index in [-0.39, 0.29) is 6.61 Å². The lowest BCUT2D eigenvalue weighted by molar-refractivity contribution is 0.153. The van der Waals surface area contributed by atoms with Gasteiger partial charge >= 0.3 is 0 Å². The maximum atomic E-state index is 9.34. The molecule has 0 aliphatic carbocycles. The molecule has 0 bridgehead atoms. The van der Waals surface area contributed by atoms with E-state index in [1.165, 1.54) is 12.0 Å². The smallest absolute Gasteiger partial charge is 0.0645 e. The van der Waals surface area contributed by atoms with Crippen molar-refractivity contribution >= 4 is 0 Å². The molecule has 1 aromatic heterocycles. The highest BCUT2D eigenvalue weighted by molar-refractivity contribution is 5.30. The van der Waals surface area contributed by atoms with E-state index in [0.29, 0.717) is 6.04 Å². The van der Waals surface area contributed by atoms with Crippen LogP contribution in [0.2, 0.25) is 0 Å². The van der Waals surface area contributed by atoms with Gasteiger partial charge in [0, 0.05) is 24.3 Å². The highest BCUT2D eigenvalue weighted by atomic mass is 16.3. The Hall–Kier alpha value is -1.65. The molecular weight excluding hydrogens is 238 g/mol. The van der Waals surface area contributed by atoms with Crippen LogP contribution >= 0.6 is 0 Å². The van der Waals surface area contributed by atoms with Crippen molar-refractivity contribution in [1.82, 2.24) is 14.7 Å². The molecule has 1 aliphatic rings. The molecule has 1 N–H and O–H groups in total. The van der Waals surface area contributed by atoms with Crippen LogP contribution in [0.15, 0.2) is 42.7 Å². The minimum Gasteiger partial charge on any atom is -0.395 e. The molecule has 0 unspecified atom stereocenters. The van der Waals surface area contributed by atoms with Crippen LogP contribution in [-0.4, -0.2) is 39.0 Å². The molecule has 1 aromatic carbocycles. The summed E-state index contributed by atoms with van der Waals surface area (Å²) in [5, 5.41) is 13.7. The van der Waals surface area contributed by atoms with Gasteiger partial charge in [-0.05, 0) is 31.5 Å². The Labute approximate surface area is 113 Å². The molecule has 1 aliphatic heterocycles. The van der Waals surface area contributed by atoms with Gasteiger partial charge in [0.2, 0.25) is 0 Å². The summed E-state index contributed by atoms with van der Waals surface area (Å²) < 4.78 is 1.90. The summed E-state index contributed by atoms with van der Waals surface area (Å²) in [6.45, 7) is 2.20. The van der Waals surface area contributed by atoms with Crippen molar-refractivity contribution < 1.29 is 5.11 Å². The molecule has 2 heterocycles. The van der Waals surface area contributed by atoms with E-state index < -0.39 is 0 Å². The van der Waals surface area contributed by atoms with Gasteiger partial charge < -0.3 is 5.11 Å². The maximum absolute atomic E-state index is 9.34. The van der Waals surface area contributed by atoms with Crippen molar-refractivity contribution in [3.8, 4) is 5.69 Å². The maximum Gasteiger partial charge on any atom is 0.0645 e. The molecule has 4 heteroatoms. The van der Waals surface area contributed by atoms with Crippen LogP contribution in [0.3, 0.4) is 0 Å². The van der Waals surface area contributed by atoms with Crippen molar-refractivity contribution in [2.75, 3.05) is 13.2 Å². The van der Waals surface area contributed by atoms with Crippen LogP contribution in [0.4, 0.5) is 0 Å². The van der Waals surface area contributed by atoms with Crippen molar-refractivity contribution in [1.29, 1.82) is 0 Å². The average molecular weight is 257 g/mol. The third kappa shape index (κ3) is 2.69. The van der Waals surface area contributed by atoms with Crippen LogP contribution in [0, 0.1) is 0 Å². The third-order valence-electron chi connectivity index (χ3n) is 3.75. The fraction of sp³-hybridized carbons (Fsp3) is 0.400. The number of benzene rings is 1. The number of aromatic nitrogens is 2. The van der Waals surface area contributed by atoms with Crippen molar-refractivity contribution in [2.24, 2.45) is 0 Å². The normalized spacial score (nSPS) is 19.9. The monoisotopic (exact) mass is 257 g/mol. The van der Waals surface area contributed by atoms with Crippen molar-refractivity contribution in [3.05, 3.63) is 48.3 Å². The van der Waals surface area contributed by atoms with E-state index in [4.69, 9.17) is 0 Å². The number of para-hydroxylation sites is 1. The van der Waals surface area contributed by atoms with Gasteiger partial charge in [-0.15, -0.1) is 0 Å². The zero-order valence-electron chi connectivity index (χ0n) is 10.9. The SMILES string of the molecule is OC[C@H]1CCCN1Cc1cnn(-c2ccccc2)c1. The second-order valence-electron chi connectivity index (χ2n) is 5.08. The van der Waals surface area contributed by atoms with Gasteiger partial charge in [-0.25, -0.2) is 4.68 Å².